The van der Waals surface area contributed by atoms with Gasteiger partial charge in [-0.3, -0.25) is 0 Å². The molecule has 0 saturated heterocycles. The molecule has 1 N–H and O–H groups in total. The van der Waals surface area contributed by atoms with Crippen LogP contribution in [0.5, 0.6) is 0 Å². The van der Waals surface area contributed by atoms with Crippen LogP contribution in [0.2, 0.25) is 0 Å². The number of nitrogens with one attached hydrogen (secondary N) is 1. The van der Waals surface area contributed by atoms with E-state index in [2.05, 4.69) is 15.0 Å². The first kappa shape index (κ1) is 12.8. The summed E-state index contributed by atoms with van der Waals surface area (Å²) < 4.78 is 4.92. The monoisotopic (exact) mass is 287 g/mol. The number of rotatable bonds is 4. The van der Waals surface area contributed by atoms with Gasteiger partial charge in [-0.05, 0) is 19.1 Å². The van der Waals surface area contributed by atoms with Gasteiger partial charge in [-0.25, -0.2) is 14.8 Å². The third-order valence-corrected chi connectivity index (χ3v) is 3.64. The Morgan fingerprint density at radius 1 is 1.35 bits per heavy atom. The lowest BCUT2D eigenvalue weighted by Gasteiger charge is -1.96. The van der Waals surface area contributed by atoms with Gasteiger partial charge in [-0.15, -0.1) is 11.3 Å². The summed E-state index contributed by atoms with van der Waals surface area (Å²) >= 11 is 1.44. The van der Waals surface area contributed by atoms with Crippen molar-refractivity contribution >= 4 is 28.3 Å². The molecule has 0 aliphatic rings. The first-order valence-electron chi connectivity index (χ1n) is 6.31. The number of fused-ring (bicyclic) bond motifs is 1. The number of carbonyl (C=O) groups is 1. The summed E-state index contributed by atoms with van der Waals surface area (Å²) in [6, 6.07) is 7.86. The molecule has 3 rings (SSSR count). The van der Waals surface area contributed by atoms with Crippen LogP contribution in [-0.4, -0.2) is 27.5 Å². The first-order chi connectivity index (χ1) is 9.76. The fourth-order valence-corrected chi connectivity index (χ4v) is 2.69. The van der Waals surface area contributed by atoms with Crippen molar-refractivity contribution in [3.05, 3.63) is 46.2 Å². The third-order valence-electron chi connectivity index (χ3n) is 2.79. The molecular formula is C14H13N3O2S. The highest BCUT2D eigenvalue weighted by Crippen LogP contribution is 2.17. The number of carbonyl (C=O) groups excluding carboxylic acids is 1. The molecule has 1 aromatic carbocycles. The molecule has 0 aliphatic carbocycles. The topological polar surface area (TPSA) is 67.9 Å². The Balaban J connectivity index is 1.79. The predicted octanol–water partition coefficient (Wildman–Crippen LogP) is 2.79. The number of esters is 1. The minimum absolute atomic E-state index is 0.356. The van der Waals surface area contributed by atoms with Crippen LogP contribution < -0.4 is 0 Å². The Labute approximate surface area is 119 Å². The average molecular weight is 287 g/mol. The number of H-pyrrole nitrogens is 1. The summed E-state index contributed by atoms with van der Waals surface area (Å²) in [6.45, 7) is 2.13. The van der Waals surface area contributed by atoms with E-state index in [1.54, 1.807) is 12.3 Å². The molecule has 6 heteroatoms. The van der Waals surface area contributed by atoms with Gasteiger partial charge in [0.05, 0.1) is 24.1 Å². The van der Waals surface area contributed by atoms with Crippen LogP contribution in [0.3, 0.4) is 0 Å². The number of ether oxygens (including phenoxy) is 1. The summed E-state index contributed by atoms with van der Waals surface area (Å²) in [6.07, 6.45) is 0.582. The molecule has 0 aliphatic heterocycles. The maximum atomic E-state index is 11.5. The minimum Gasteiger partial charge on any atom is -0.461 e. The fraction of sp³-hybridized carbons (Fsp3) is 0.214. The molecule has 2 heterocycles. The number of benzene rings is 1. The second-order valence-corrected chi connectivity index (χ2v) is 5.17. The van der Waals surface area contributed by atoms with Crippen molar-refractivity contribution in [2.24, 2.45) is 0 Å². The van der Waals surface area contributed by atoms with E-state index in [4.69, 9.17) is 4.74 Å². The second-order valence-electron chi connectivity index (χ2n) is 4.22. The largest absolute Gasteiger partial charge is 0.461 e. The molecule has 20 heavy (non-hydrogen) atoms. The Bertz CT molecular complexity index is 715. The Morgan fingerprint density at radius 3 is 3.00 bits per heavy atom. The molecule has 5 nitrogen and oxygen atoms in total. The van der Waals surface area contributed by atoms with Crippen LogP contribution in [0, 0.1) is 0 Å². The number of para-hydroxylation sites is 2. The summed E-state index contributed by atoms with van der Waals surface area (Å²) in [7, 11) is 0. The number of aromatic amines is 1. The molecule has 0 amide bonds. The van der Waals surface area contributed by atoms with Crippen molar-refractivity contribution in [2.45, 2.75) is 13.3 Å². The maximum absolute atomic E-state index is 11.5. The van der Waals surface area contributed by atoms with E-state index in [0.717, 1.165) is 21.9 Å². The van der Waals surface area contributed by atoms with E-state index >= 15 is 0 Å². The van der Waals surface area contributed by atoms with Crippen LogP contribution in [0.15, 0.2) is 29.6 Å². The normalized spacial score (nSPS) is 10.8. The number of imidazole rings is 1. The van der Waals surface area contributed by atoms with Gasteiger partial charge >= 0.3 is 5.97 Å². The summed E-state index contributed by atoms with van der Waals surface area (Å²) in [5.41, 5.74) is 2.30. The molecule has 0 bridgehead atoms. The van der Waals surface area contributed by atoms with Crippen LogP contribution in [0.1, 0.15) is 28.2 Å². The van der Waals surface area contributed by atoms with Crippen molar-refractivity contribution in [1.29, 1.82) is 0 Å². The van der Waals surface area contributed by atoms with Crippen LogP contribution in [0.25, 0.3) is 11.0 Å². The van der Waals surface area contributed by atoms with Crippen molar-refractivity contribution in [3.63, 3.8) is 0 Å². The first-order valence-corrected chi connectivity index (χ1v) is 7.19. The van der Waals surface area contributed by atoms with Crippen molar-refractivity contribution in [3.8, 4) is 0 Å². The van der Waals surface area contributed by atoms with Gasteiger partial charge in [-0.2, -0.15) is 0 Å². The quantitative estimate of drug-likeness (QED) is 0.749. The molecule has 3 aromatic rings. The number of aromatic nitrogens is 3. The number of thiazole rings is 1. The Morgan fingerprint density at radius 2 is 2.20 bits per heavy atom. The van der Waals surface area contributed by atoms with Gasteiger partial charge in [0.2, 0.25) is 0 Å². The molecule has 0 spiro atoms. The van der Waals surface area contributed by atoms with Gasteiger partial charge in [0.1, 0.15) is 10.8 Å². The summed E-state index contributed by atoms with van der Waals surface area (Å²) in [5, 5.41) is 2.56. The van der Waals surface area contributed by atoms with Crippen molar-refractivity contribution < 1.29 is 9.53 Å². The maximum Gasteiger partial charge on any atom is 0.357 e. The smallest absolute Gasteiger partial charge is 0.357 e. The van der Waals surface area contributed by atoms with E-state index in [1.807, 2.05) is 24.3 Å². The molecule has 0 unspecified atom stereocenters. The lowest BCUT2D eigenvalue weighted by atomic mass is 10.3. The molecule has 0 radical (unpaired) electrons. The van der Waals surface area contributed by atoms with E-state index in [-0.39, 0.29) is 5.97 Å². The molecular weight excluding hydrogens is 274 g/mol. The summed E-state index contributed by atoms with van der Waals surface area (Å²) in [4.78, 5) is 23.6. The lowest BCUT2D eigenvalue weighted by Crippen LogP contribution is -2.05. The molecule has 102 valence electrons. The zero-order valence-electron chi connectivity index (χ0n) is 10.9. The van der Waals surface area contributed by atoms with Gasteiger partial charge in [0.25, 0.3) is 0 Å². The fourth-order valence-electron chi connectivity index (χ4n) is 1.92. The van der Waals surface area contributed by atoms with Crippen LogP contribution in [0.4, 0.5) is 0 Å². The highest BCUT2D eigenvalue weighted by Gasteiger charge is 2.12. The van der Waals surface area contributed by atoms with E-state index < -0.39 is 0 Å². The highest BCUT2D eigenvalue weighted by molar-refractivity contribution is 7.09. The molecule has 2 aromatic heterocycles. The third kappa shape index (κ3) is 2.55. The SMILES string of the molecule is CCOC(=O)c1csc(Cc2nc3ccccc3[nH]2)n1. The molecule has 0 fully saturated rings. The Kier molecular flexibility index (Phi) is 3.47. The standard InChI is InChI=1S/C14H13N3O2S/c1-2-19-14(18)11-8-20-13(17-11)7-12-15-9-5-3-4-6-10(9)16-12/h3-6,8H,2,7H2,1H3,(H,15,16). The van der Waals surface area contributed by atoms with E-state index in [1.165, 1.54) is 11.3 Å². The number of nitrogens with zero attached hydrogens (tertiary/aromatic N) is 2. The van der Waals surface area contributed by atoms with Gasteiger partial charge < -0.3 is 9.72 Å². The highest BCUT2D eigenvalue weighted by atomic mass is 32.1. The minimum atomic E-state index is -0.375. The lowest BCUT2D eigenvalue weighted by molar-refractivity contribution is 0.0520. The van der Waals surface area contributed by atoms with Crippen molar-refractivity contribution in [1.82, 2.24) is 15.0 Å². The van der Waals surface area contributed by atoms with E-state index in [9.17, 15) is 4.79 Å². The van der Waals surface area contributed by atoms with Crippen LogP contribution in [-0.2, 0) is 11.2 Å². The van der Waals surface area contributed by atoms with E-state index in [0.29, 0.717) is 18.7 Å². The zero-order chi connectivity index (χ0) is 13.9. The Hall–Kier alpha value is -2.21. The second kappa shape index (κ2) is 5.42. The number of hydrogen-bond donors (Lipinski definition) is 1. The van der Waals surface area contributed by atoms with Gasteiger partial charge in [-0.1, -0.05) is 12.1 Å². The molecule has 0 atom stereocenters. The van der Waals surface area contributed by atoms with Crippen molar-refractivity contribution in [2.75, 3.05) is 6.61 Å². The van der Waals surface area contributed by atoms with Gasteiger partial charge in [0, 0.05) is 5.38 Å². The molecule has 0 saturated carbocycles. The average Bonchev–Trinajstić information content (AvgIpc) is 3.05. The van der Waals surface area contributed by atoms with Crippen LogP contribution >= 0.6 is 11.3 Å². The summed E-state index contributed by atoms with van der Waals surface area (Å²) in [5.74, 6) is 0.468. The van der Waals surface area contributed by atoms with Gasteiger partial charge in [0.15, 0.2) is 5.69 Å². The predicted molar refractivity (Wildman–Crippen MR) is 77.0 cm³/mol. The zero-order valence-corrected chi connectivity index (χ0v) is 11.7. The number of hydrogen-bond acceptors (Lipinski definition) is 5.